The quantitative estimate of drug-likeness (QED) is 0.268. The molecule has 7 aromatic rings. The Morgan fingerprint density at radius 2 is 1.15 bits per heavy atom. The summed E-state index contributed by atoms with van der Waals surface area (Å²) in [5.41, 5.74) is 10.3. The molecule has 39 heavy (non-hydrogen) atoms. The second-order valence-electron chi connectivity index (χ2n) is 9.81. The average Bonchev–Trinajstić information content (AvgIpc) is 3.72. The monoisotopic (exact) mass is 503 g/mol. The van der Waals surface area contributed by atoms with Gasteiger partial charge < -0.3 is 9.13 Å². The molecule has 0 aliphatic carbocycles. The number of hydrazone groups is 1. The van der Waals surface area contributed by atoms with Gasteiger partial charge in [0.1, 0.15) is 0 Å². The normalized spacial score (nSPS) is 15.2. The number of nitrogens with zero attached hydrogens (tertiary/aromatic N) is 4. The molecule has 8 rings (SSSR count). The molecule has 1 N–H and O–H groups in total. The minimum Gasteiger partial charge on any atom is -0.317 e. The van der Waals surface area contributed by atoms with Crippen LogP contribution in [0.2, 0.25) is 0 Å². The largest absolute Gasteiger partial charge is 0.317 e. The van der Waals surface area contributed by atoms with Gasteiger partial charge in [-0.25, -0.2) is 0 Å². The molecule has 2 aromatic heterocycles. The molecule has 0 amide bonds. The third-order valence-electron chi connectivity index (χ3n) is 7.65. The van der Waals surface area contributed by atoms with Crippen molar-refractivity contribution < 1.29 is 0 Å². The zero-order valence-electron chi connectivity index (χ0n) is 21.1. The molecule has 186 valence electrons. The molecule has 1 atom stereocenters. The highest BCUT2D eigenvalue weighted by molar-refractivity contribution is 6.21. The Balaban J connectivity index is 1.37. The summed E-state index contributed by atoms with van der Waals surface area (Å²) in [5, 5.41) is 8.60. The van der Waals surface area contributed by atoms with E-state index in [9.17, 15) is 0 Å². The average molecular weight is 504 g/mol. The van der Waals surface area contributed by atoms with Crippen molar-refractivity contribution in [3.05, 3.63) is 145 Å². The molecule has 0 fully saturated rings. The molecule has 0 bridgehead atoms. The van der Waals surface area contributed by atoms with Crippen molar-refractivity contribution in [1.29, 1.82) is 0 Å². The van der Waals surface area contributed by atoms with E-state index in [0.29, 0.717) is 0 Å². The van der Waals surface area contributed by atoms with E-state index in [0.717, 1.165) is 33.8 Å². The lowest BCUT2D eigenvalue weighted by molar-refractivity contribution is 0.481. The van der Waals surface area contributed by atoms with Crippen LogP contribution in [0.25, 0.3) is 38.4 Å². The molecule has 5 aromatic carbocycles. The smallest absolute Gasteiger partial charge is 0.203 e. The minimum atomic E-state index is -0.237. The third kappa shape index (κ3) is 3.30. The lowest BCUT2D eigenvalue weighted by Crippen LogP contribution is -2.37. The molecule has 1 aliphatic rings. The van der Waals surface area contributed by atoms with Gasteiger partial charge in [-0.05, 0) is 48.5 Å². The van der Waals surface area contributed by atoms with Gasteiger partial charge in [-0.1, -0.05) is 84.9 Å². The Morgan fingerprint density at radius 3 is 1.92 bits per heavy atom. The minimum absolute atomic E-state index is 0.237. The van der Waals surface area contributed by atoms with E-state index >= 15 is 0 Å². The number of fused-ring (bicyclic) bond motifs is 5. The number of amidine groups is 1. The summed E-state index contributed by atoms with van der Waals surface area (Å²) in [7, 11) is 0. The van der Waals surface area contributed by atoms with Crippen LogP contribution >= 0.6 is 0 Å². The molecule has 5 nitrogen and oxygen atoms in total. The Hall–Kier alpha value is -5.29. The summed E-state index contributed by atoms with van der Waals surface area (Å²) in [6.07, 6.45) is 1.94. The summed E-state index contributed by atoms with van der Waals surface area (Å²) in [6, 6.07) is 46.8. The zero-order chi connectivity index (χ0) is 25.8. The topological polar surface area (TPSA) is 37.5 Å². The maximum absolute atomic E-state index is 4.89. The van der Waals surface area contributed by atoms with Crippen molar-refractivity contribution in [3.63, 3.8) is 0 Å². The number of anilines is 1. The second kappa shape index (κ2) is 8.64. The molecule has 1 aliphatic heterocycles. The summed E-state index contributed by atoms with van der Waals surface area (Å²) >= 11 is 0. The fraction of sp³-hybridized carbons (Fsp3) is 0.0294. The number of para-hydroxylation sites is 3. The van der Waals surface area contributed by atoms with Crippen LogP contribution in [0.5, 0.6) is 0 Å². The summed E-state index contributed by atoms with van der Waals surface area (Å²) < 4.78 is 4.65. The van der Waals surface area contributed by atoms with Crippen LogP contribution in [0.1, 0.15) is 11.9 Å². The van der Waals surface area contributed by atoms with Crippen LogP contribution < -0.4 is 10.3 Å². The first-order valence-corrected chi connectivity index (χ1v) is 13.2. The molecule has 0 spiro atoms. The first-order valence-electron chi connectivity index (χ1n) is 13.2. The number of nitrogens with one attached hydrogen (secondary N) is 1. The van der Waals surface area contributed by atoms with Crippen molar-refractivity contribution in [2.24, 2.45) is 5.10 Å². The lowest BCUT2D eigenvalue weighted by atomic mass is 10.1. The number of hydrogen-bond acceptors (Lipinski definition) is 3. The molecule has 5 heteroatoms. The Morgan fingerprint density at radius 1 is 0.538 bits per heavy atom. The Bertz CT molecular complexity index is 1990. The van der Waals surface area contributed by atoms with Crippen molar-refractivity contribution >= 4 is 44.2 Å². The van der Waals surface area contributed by atoms with Crippen LogP contribution in [0.15, 0.2) is 145 Å². The highest BCUT2D eigenvalue weighted by Gasteiger charge is 2.33. The van der Waals surface area contributed by atoms with Gasteiger partial charge in [0.2, 0.25) is 6.29 Å². The van der Waals surface area contributed by atoms with Crippen molar-refractivity contribution in [3.8, 4) is 5.69 Å². The van der Waals surface area contributed by atoms with E-state index in [1.807, 2.05) is 6.07 Å². The van der Waals surface area contributed by atoms with Gasteiger partial charge in [-0.3, -0.25) is 10.3 Å². The number of aromatic nitrogens is 2. The fourth-order valence-electron chi connectivity index (χ4n) is 5.95. The zero-order valence-corrected chi connectivity index (χ0v) is 21.1. The van der Waals surface area contributed by atoms with Gasteiger partial charge in [-0.15, -0.1) is 0 Å². The van der Waals surface area contributed by atoms with E-state index in [2.05, 4.69) is 153 Å². The molecule has 3 heterocycles. The van der Waals surface area contributed by atoms with Crippen LogP contribution in [0.3, 0.4) is 0 Å². The maximum Gasteiger partial charge on any atom is 0.203 e. The van der Waals surface area contributed by atoms with Gasteiger partial charge in [0, 0.05) is 39.3 Å². The molecule has 0 saturated heterocycles. The van der Waals surface area contributed by atoms with E-state index in [1.165, 1.54) is 21.7 Å². The van der Waals surface area contributed by atoms with Crippen molar-refractivity contribution in [2.45, 2.75) is 6.29 Å². The number of rotatable bonds is 4. The summed E-state index contributed by atoms with van der Waals surface area (Å²) in [4.78, 5) is 2.29. The van der Waals surface area contributed by atoms with Gasteiger partial charge in [0.25, 0.3) is 0 Å². The van der Waals surface area contributed by atoms with Crippen molar-refractivity contribution in [2.75, 3.05) is 4.90 Å². The van der Waals surface area contributed by atoms with Gasteiger partial charge >= 0.3 is 0 Å². The maximum atomic E-state index is 4.89. The van der Waals surface area contributed by atoms with E-state index in [4.69, 9.17) is 5.10 Å². The predicted molar refractivity (Wildman–Crippen MR) is 160 cm³/mol. The van der Waals surface area contributed by atoms with Gasteiger partial charge in [-0.2, -0.15) is 5.10 Å². The standard InChI is InChI=1S/C34H25N5/c1-4-12-24(13-5-1)33-35-36-34(38(33)26-16-8-3-9-17-26)39-30-19-11-10-18-27(30)32-28-22-23-37(25-14-6-2-7-15-25)29(28)20-21-31(32)39/h1-23,34,36H. The molecular weight excluding hydrogens is 478 g/mol. The molecule has 0 radical (unpaired) electrons. The van der Waals surface area contributed by atoms with Crippen molar-refractivity contribution in [1.82, 2.24) is 14.6 Å². The highest BCUT2D eigenvalue weighted by atomic mass is 15.6. The Labute approximate surface area is 225 Å². The van der Waals surface area contributed by atoms with Gasteiger partial charge in [0.05, 0.1) is 16.6 Å². The number of hydrogen-bond donors (Lipinski definition) is 1. The summed E-state index contributed by atoms with van der Waals surface area (Å²) in [6.45, 7) is 0. The molecular formula is C34H25N5. The first-order chi connectivity index (χ1) is 19.4. The van der Waals surface area contributed by atoms with E-state index < -0.39 is 0 Å². The van der Waals surface area contributed by atoms with E-state index in [-0.39, 0.29) is 6.29 Å². The Kier molecular flexibility index (Phi) is 4.82. The first kappa shape index (κ1) is 21.8. The summed E-state index contributed by atoms with van der Waals surface area (Å²) in [5.74, 6) is 0.897. The van der Waals surface area contributed by atoms with Gasteiger partial charge in [0.15, 0.2) is 5.84 Å². The van der Waals surface area contributed by atoms with Crippen LogP contribution in [-0.2, 0) is 0 Å². The number of benzene rings is 5. The molecule has 0 saturated carbocycles. The van der Waals surface area contributed by atoms with Crippen LogP contribution in [0.4, 0.5) is 5.69 Å². The van der Waals surface area contributed by atoms with E-state index in [1.54, 1.807) is 0 Å². The second-order valence-corrected chi connectivity index (χ2v) is 9.81. The highest BCUT2D eigenvalue weighted by Crippen LogP contribution is 2.40. The SMILES string of the molecule is c1ccc(C2=NNC(n3c4ccccc4c4c5ccn(-c6ccccc6)c5ccc43)N2c2ccccc2)cc1. The fourth-order valence-corrected chi connectivity index (χ4v) is 5.95. The molecule has 1 unspecified atom stereocenters. The lowest BCUT2D eigenvalue weighted by Gasteiger charge is -2.29. The third-order valence-corrected chi connectivity index (χ3v) is 7.65. The predicted octanol–water partition coefficient (Wildman–Crippen LogP) is 7.67. The van der Waals surface area contributed by atoms with Crippen LogP contribution in [-0.4, -0.2) is 15.0 Å². The van der Waals surface area contributed by atoms with Crippen LogP contribution in [0, 0.1) is 0 Å².